The number of carboxylic acids is 2. The molecule has 222 valence electrons. The van der Waals surface area contributed by atoms with Crippen LogP contribution in [-0.4, -0.2) is 127 Å². The molecule has 38 heavy (non-hydrogen) atoms. The topological polar surface area (TPSA) is 154 Å². The number of unbranched alkanes of at least 4 members (excludes halogenated alkanes) is 4. The van der Waals surface area contributed by atoms with Crippen molar-refractivity contribution in [1.82, 2.24) is 14.7 Å². The van der Waals surface area contributed by atoms with E-state index in [1.807, 2.05) is 25.7 Å². The van der Waals surface area contributed by atoms with E-state index < -0.39 is 18.0 Å². The van der Waals surface area contributed by atoms with Gasteiger partial charge in [-0.15, -0.1) is 0 Å². The molecule has 0 aromatic carbocycles. The lowest BCUT2D eigenvalue weighted by atomic mass is 10.0. The van der Waals surface area contributed by atoms with E-state index in [2.05, 4.69) is 0 Å². The quantitative estimate of drug-likeness (QED) is 0.136. The molecule has 0 rings (SSSR count). The van der Waals surface area contributed by atoms with Crippen LogP contribution in [-0.2, 0) is 23.9 Å². The molecule has 0 amide bonds. The summed E-state index contributed by atoms with van der Waals surface area (Å²) in [5, 5.41) is 18.0. The maximum absolute atomic E-state index is 12.6. The molecule has 0 spiro atoms. The van der Waals surface area contributed by atoms with E-state index in [-0.39, 0.29) is 37.8 Å². The van der Waals surface area contributed by atoms with Crippen molar-refractivity contribution in [2.24, 2.45) is 11.7 Å². The van der Waals surface area contributed by atoms with E-state index in [9.17, 15) is 19.2 Å². The van der Waals surface area contributed by atoms with Gasteiger partial charge in [-0.3, -0.25) is 33.9 Å². The summed E-state index contributed by atoms with van der Waals surface area (Å²) in [4.78, 5) is 52.0. The van der Waals surface area contributed by atoms with Crippen molar-refractivity contribution in [3.8, 4) is 0 Å². The van der Waals surface area contributed by atoms with Crippen molar-refractivity contribution in [2.45, 2.75) is 71.8 Å². The van der Waals surface area contributed by atoms with Gasteiger partial charge in [0.2, 0.25) is 0 Å². The van der Waals surface area contributed by atoms with Crippen molar-refractivity contribution in [2.75, 3.05) is 72.6 Å². The Balaban J connectivity index is 4.26. The third-order valence-electron chi connectivity index (χ3n) is 6.27. The predicted octanol–water partition coefficient (Wildman–Crippen LogP) is 1.58. The Morgan fingerprint density at radius 1 is 0.816 bits per heavy atom. The Kier molecular flexibility index (Phi) is 20.8. The van der Waals surface area contributed by atoms with E-state index in [0.717, 1.165) is 32.1 Å². The van der Waals surface area contributed by atoms with E-state index in [1.165, 1.54) is 0 Å². The van der Waals surface area contributed by atoms with Crippen LogP contribution in [0.2, 0.25) is 0 Å². The summed E-state index contributed by atoms with van der Waals surface area (Å²) in [5.41, 5.74) is 5.86. The minimum absolute atomic E-state index is 0.0514. The van der Waals surface area contributed by atoms with E-state index in [4.69, 9.17) is 20.7 Å². The van der Waals surface area contributed by atoms with Gasteiger partial charge in [0, 0.05) is 39.2 Å². The molecule has 0 saturated carbocycles. The highest BCUT2D eigenvalue weighted by atomic mass is 16.5. The summed E-state index contributed by atoms with van der Waals surface area (Å²) in [6.07, 6.45) is 5.71. The SMILES string of the molecule is CCN(CCN(CCN(C)CC(=O)O)CC(=O)CCCCCCCOCC(=O)[C@H](N)CC(C)C)CC(=O)O. The van der Waals surface area contributed by atoms with Crippen molar-refractivity contribution in [1.29, 1.82) is 0 Å². The van der Waals surface area contributed by atoms with Gasteiger partial charge in [-0.1, -0.05) is 40.0 Å². The molecule has 0 aromatic heterocycles. The Labute approximate surface area is 228 Å². The van der Waals surface area contributed by atoms with Gasteiger partial charge in [-0.25, -0.2) is 0 Å². The maximum Gasteiger partial charge on any atom is 0.317 e. The van der Waals surface area contributed by atoms with Gasteiger partial charge >= 0.3 is 11.9 Å². The fourth-order valence-electron chi connectivity index (χ4n) is 4.02. The first kappa shape index (κ1) is 36.1. The predicted molar refractivity (Wildman–Crippen MR) is 147 cm³/mol. The van der Waals surface area contributed by atoms with Gasteiger partial charge in [0.15, 0.2) is 5.78 Å². The number of nitrogens with two attached hydrogens (primary N) is 1. The van der Waals surface area contributed by atoms with Crippen LogP contribution in [0.1, 0.15) is 65.7 Å². The largest absolute Gasteiger partial charge is 0.480 e. The summed E-state index contributed by atoms with van der Waals surface area (Å²) in [5.74, 6) is -1.33. The second kappa shape index (κ2) is 22.0. The molecule has 0 aliphatic rings. The third-order valence-corrected chi connectivity index (χ3v) is 6.27. The molecule has 0 heterocycles. The Bertz CT molecular complexity index is 690. The average Bonchev–Trinajstić information content (AvgIpc) is 2.82. The molecule has 0 saturated heterocycles. The number of carboxylic acid groups (broad SMARTS) is 2. The standard InChI is InChI=1S/C27H52N4O7/c1-5-30(20-27(36)37)14-15-31(13-12-29(4)19-26(34)35)18-23(32)11-9-7-6-8-10-16-38-21-25(33)24(28)17-22(2)3/h22,24H,5-21,28H2,1-4H3,(H,34,35)(H,36,37)/t24-/m1/s1. The molecular weight excluding hydrogens is 492 g/mol. The number of likely N-dealkylation sites (N-methyl/N-ethyl adjacent to an activating group) is 2. The van der Waals surface area contributed by atoms with Gasteiger partial charge < -0.3 is 20.7 Å². The number of rotatable bonds is 26. The first-order chi connectivity index (χ1) is 17.9. The Morgan fingerprint density at radius 2 is 1.39 bits per heavy atom. The van der Waals surface area contributed by atoms with Crippen LogP contribution >= 0.6 is 0 Å². The number of hydrogen-bond donors (Lipinski definition) is 3. The summed E-state index contributed by atoms with van der Waals surface area (Å²) in [6.45, 7) is 9.40. The van der Waals surface area contributed by atoms with Gasteiger partial charge in [0.05, 0.1) is 25.7 Å². The first-order valence-electron chi connectivity index (χ1n) is 13.9. The molecule has 0 fully saturated rings. The van der Waals surface area contributed by atoms with Gasteiger partial charge in [-0.05, 0) is 38.8 Å². The summed E-state index contributed by atoms with van der Waals surface area (Å²) in [7, 11) is 1.72. The van der Waals surface area contributed by atoms with Gasteiger partial charge in [-0.2, -0.15) is 0 Å². The molecule has 11 heteroatoms. The number of carbonyl (C=O) groups is 4. The first-order valence-corrected chi connectivity index (χ1v) is 13.9. The number of Topliss-reactive ketones (excluding diaryl/α,β-unsaturated/α-hetero) is 2. The number of nitrogens with zero attached hydrogens (tertiary/aromatic N) is 3. The zero-order valence-corrected chi connectivity index (χ0v) is 24.0. The van der Waals surface area contributed by atoms with E-state index in [0.29, 0.717) is 58.1 Å². The smallest absolute Gasteiger partial charge is 0.317 e. The zero-order valence-electron chi connectivity index (χ0n) is 24.0. The normalized spacial score (nSPS) is 12.6. The van der Waals surface area contributed by atoms with Crippen LogP contribution in [0.15, 0.2) is 0 Å². The molecular formula is C27H52N4O7. The summed E-state index contributed by atoms with van der Waals surface area (Å²) in [6, 6.07) is -0.454. The Hall–Kier alpha value is -1.92. The lowest BCUT2D eigenvalue weighted by Gasteiger charge is -2.27. The van der Waals surface area contributed by atoms with Crippen LogP contribution in [0.25, 0.3) is 0 Å². The monoisotopic (exact) mass is 544 g/mol. The number of carbonyl (C=O) groups excluding carboxylic acids is 2. The van der Waals surface area contributed by atoms with Gasteiger partial charge in [0.25, 0.3) is 0 Å². The molecule has 0 bridgehead atoms. The minimum atomic E-state index is -0.903. The second-order valence-electron chi connectivity index (χ2n) is 10.5. The molecule has 4 N–H and O–H groups in total. The fraction of sp³-hybridized carbons (Fsp3) is 0.852. The number of ketones is 2. The molecule has 0 aliphatic heterocycles. The molecule has 0 aliphatic carbocycles. The van der Waals surface area contributed by atoms with E-state index >= 15 is 0 Å². The summed E-state index contributed by atoms with van der Waals surface area (Å²) >= 11 is 0. The highest BCUT2D eigenvalue weighted by Crippen LogP contribution is 2.08. The highest BCUT2D eigenvalue weighted by molar-refractivity contribution is 5.84. The molecule has 1 atom stereocenters. The van der Waals surface area contributed by atoms with Gasteiger partial charge in [0.1, 0.15) is 12.4 Å². The molecule has 0 unspecified atom stereocenters. The van der Waals surface area contributed by atoms with Crippen molar-refractivity contribution in [3.05, 3.63) is 0 Å². The number of ether oxygens (including phenoxy) is 1. The van der Waals surface area contributed by atoms with Crippen molar-refractivity contribution >= 4 is 23.5 Å². The maximum atomic E-state index is 12.6. The van der Waals surface area contributed by atoms with E-state index in [1.54, 1.807) is 16.8 Å². The van der Waals surface area contributed by atoms with Crippen LogP contribution < -0.4 is 5.73 Å². The summed E-state index contributed by atoms with van der Waals surface area (Å²) < 4.78 is 5.46. The number of aliphatic carboxylic acids is 2. The second-order valence-corrected chi connectivity index (χ2v) is 10.5. The zero-order chi connectivity index (χ0) is 28.9. The van der Waals surface area contributed by atoms with Crippen LogP contribution in [0, 0.1) is 5.92 Å². The molecule has 0 radical (unpaired) electrons. The fourth-order valence-corrected chi connectivity index (χ4v) is 4.02. The van der Waals surface area contributed by atoms with Crippen LogP contribution in [0.4, 0.5) is 0 Å². The van der Waals surface area contributed by atoms with Crippen LogP contribution in [0.3, 0.4) is 0 Å². The molecule has 0 aromatic rings. The lowest BCUT2D eigenvalue weighted by molar-refractivity contribution is -0.139. The molecule has 11 nitrogen and oxygen atoms in total. The third kappa shape index (κ3) is 21.1. The highest BCUT2D eigenvalue weighted by Gasteiger charge is 2.16. The van der Waals surface area contributed by atoms with Crippen LogP contribution in [0.5, 0.6) is 0 Å². The Morgan fingerprint density at radius 3 is 2.00 bits per heavy atom. The number of hydrogen-bond acceptors (Lipinski definition) is 9. The van der Waals surface area contributed by atoms with Crippen molar-refractivity contribution in [3.63, 3.8) is 0 Å². The van der Waals surface area contributed by atoms with Crippen molar-refractivity contribution < 1.29 is 34.1 Å². The minimum Gasteiger partial charge on any atom is -0.480 e. The lowest BCUT2D eigenvalue weighted by Crippen LogP contribution is -2.43. The average molecular weight is 545 g/mol.